The Labute approximate surface area is 170 Å². The lowest BCUT2D eigenvalue weighted by molar-refractivity contribution is -0.136. The van der Waals surface area contributed by atoms with Gasteiger partial charge in [-0.15, -0.1) is 0 Å². The first-order valence-corrected chi connectivity index (χ1v) is 9.21. The number of hydrogen-bond acceptors (Lipinski definition) is 7. The van der Waals surface area contributed by atoms with Crippen molar-refractivity contribution in [1.82, 2.24) is 14.9 Å². The number of benzene rings is 1. The van der Waals surface area contributed by atoms with Crippen LogP contribution in [0, 0.1) is 4.77 Å². The Hall–Kier alpha value is -2.72. The normalized spacial score (nSPS) is 11.0. The Balaban J connectivity index is 2.40. The van der Waals surface area contributed by atoms with Gasteiger partial charge in [-0.25, -0.2) is 0 Å². The van der Waals surface area contributed by atoms with Gasteiger partial charge in [0.05, 0.1) is 30.9 Å². The number of carboxylic acid groups (broad SMARTS) is 1. The van der Waals surface area contributed by atoms with Gasteiger partial charge in [-0.3, -0.25) is 14.7 Å². The summed E-state index contributed by atoms with van der Waals surface area (Å²) in [6, 6.07) is 3.29. The van der Waals surface area contributed by atoms with Gasteiger partial charge in [0.15, 0.2) is 11.5 Å². The number of carbonyl (C=O) groups is 1. The van der Waals surface area contributed by atoms with Gasteiger partial charge < -0.3 is 14.6 Å². The standard InChI is InChI=1S/C17H19ClN4O5S/c1-3-26-13-8-10(7-11(18)15(13)27-4-2)9-19-22-16(25)12(5-6-14(23)24)20-21-17(22)28/h7-9H,3-6H2,1-2H3,(H,21,28)(H,23,24)/b19-9-. The van der Waals surface area contributed by atoms with Crippen LogP contribution in [0.15, 0.2) is 22.0 Å². The third-order valence-electron chi connectivity index (χ3n) is 3.44. The number of aromatic nitrogens is 3. The average molecular weight is 427 g/mol. The molecular weight excluding hydrogens is 408 g/mol. The molecule has 0 saturated carbocycles. The van der Waals surface area contributed by atoms with Gasteiger partial charge in [-0.05, 0) is 43.8 Å². The number of hydrogen-bond donors (Lipinski definition) is 2. The Kier molecular flexibility index (Phi) is 7.70. The van der Waals surface area contributed by atoms with E-state index in [4.69, 9.17) is 38.4 Å². The molecule has 0 amide bonds. The van der Waals surface area contributed by atoms with Crippen LogP contribution in [0.1, 0.15) is 31.5 Å². The molecule has 1 aromatic carbocycles. The number of nitrogens with zero attached hydrogens (tertiary/aromatic N) is 3. The number of H-pyrrole nitrogens is 1. The summed E-state index contributed by atoms with van der Waals surface area (Å²) in [5.74, 6) is -0.156. The zero-order valence-electron chi connectivity index (χ0n) is 15.3. The second-order valence-electron chi connectivity index (χ2n) is 5.43. The zero-order valence-corrected chi connectivity index (χ0v) is 16.8. The smallest absolute Gasteiger partial charge is 0.303 e. The maximum Gasteiger partial charge on any atom is 0.303 e. The fraction of sp³-hybridized carbons (Fsp3) is 0.353. The molecule has 9 nitrogen and oxygen atoms in total. The van der Waals surface area contributed by atoms with Gasteiger partial charge >= 0.3 is 5.97 Å². The van der Waals surface area contributed by atoms with Crippen molar-refractivity contribution in [2.75, 3.05) is 13.2 Å². The second kappa shape index (κ2) is 10.00. The van der Waals surface area contributed by atoms with E-state index in [2.05, 4.69) is 15.3 Å². The van der Waals surface area contributed by atoms with Gasteiger partial charge in [-0.1, -0.05) is 11.6 Å². The third-order valence-corrected chi connectivity index (χ3v) is 3.98. The van der Waals surface area contributed by atoms with Crippen LogP contribution < -0.4 is 15.0 Å². The van der Waals surface area contributed by atoms with Crippen LogP contribution >= 0.6 is 23.8 Å². The van der Waals surface area contributed by atoms with Crippen LogP contribution in [-0.4, -0.2) is 45.4 Å². The molecule has 2 rings (SSSR count). The van der Waals surface area contributed by atoms with Crippen LogP contribution in [0.3, 0.4) is 0 Å². The van der Waals surface area contributed by atoms with Crippen molar-refractivity contribution < 1.29 is 19.4 Å². The molecule has 0 atom stereocenters. The molecule has 1 aromatic heterocycles. The summed E-state index contributed by atoms with van der Waals surface area (Å²) in [6.07, 6.45) is 1.11. The number of rotatable bonds is 9. The van der Waals surface area contributed by atoms with E-state index < -0.39 is 11.5 Å². The predicted octanol–water partition coefficient (Wildman–Crippen LogP) is 2.65. The Morgan fingerprint density at radius 1 is 1.39 bits per heavy atom. The van der Waals surface area contributed by atoms with E-state index in [0.29, 0.717) is 35.3 Å². The summed E-state index contributed by atoms with van der Waals surface area (Å²) in [5, 5.41) is 19.5. The van der Waals surface area contributed by atoms with Crippen LogP contribution in [0.4, 0.5) is 0 Å². The van der Waals surface area contributed by atoms with Crippen LogP contribution in [0.5, 0.6) is 11.5 Å². The van der Waals surface area contributed by atoms with Crippen LogP contribution in [-0.2, 0) is 11.2 Å². The van der Waals surface area contributed by atoms with Crippen LogP contribution in [0.2, 0.25) is 5.02 Å². The number of aryl methyl sites for hydroxylation is 1. The summed E-state index contributed by atoms with van der Waals surface area (Å²) < 4.78 is 12.0. The van der Waals surface area contributed by atoms with Crippen molar-refractivity contribution in [2.24, 2.45) is 5.10 Å². The molecule has 0 saturated heterocycles. The zero-order chi connectivity index (χ0) is 20.7. The van der Waals surface area contributed by atoms with Crippen molar-refractivity contribution in [1.29, 1.82) is 0 Å². The quantitative estimate of drug-likeness (QED) is 0.467. The number of aromatic amines is 1. The summed E-state index contributed by atoms with van der Waals surface area (Å²) in [4.78, 5) is 23.1. The van der Waals surface area contributed by atoms with Crippen molar-refractivity contribution in [3.63, 3.8) is 0 Å². The van der Waals surface area contributed by atoms with E-state index in [-0.39, 0.29) is 23.3 Å². The highest BCUT2D eigenvalue weighted by atomic mass is 35.5. The first kappa shape index (κ1) is 21.6. The molecule has 150 valence electrons. The maximum atomic E-state index is 12.4. The molecule has 2 N–H and O–H groups in total. The second-order valence-corrected chi connectivity index (χ2v) is 6.22. The number of carboxylic acids is 1. The van der Waals surface area contributed by atoms with E-state index in [9.17, 15) is 9.59 Å². The first-order valence-electron chi connectivity index (χ1n) is 8.43. The molecule has 1 heterocycles. The molecule has 0 aliphatic heterocycles. The fourth-order valence-electron chi connectivity index (χ4n) is 2.25. The summed E-state index contributed by atoms with van der Waals surface area (Å²) in [7, 11) is 0. The highest BCUT2D eigenvalue weighted by molar-refractivity contribution is 7.71. The first-order chi connectivity index (χ1) is 13.4. The monoisotopic (exact) mass is 426 g/mol. The predicted molar refractivity (Wildman–Crippen MR) is 106 cm³/mol. The highest BCUT2D eigenvalue weighted by Crippen LogP contribution is 2.36. The van der Waals surface area contributed by atoms with Crippen molar-refractivity contribution in [3.8, 4) is 11.5 Å². The molecule has 0 fully saturated rings. The number of ether oxygens (including phenoxy) is 2. The molecule has 0 unspecified atom stereocenters. The average Bonchev–Trinajstić information content (AvgIpc) is 2.64. The van der Waals surface area contributed by atoms with Crippen molar-refractivity contribution in [2.45, 2.75) is 26.7 Å². The van der Waals surface area contributed by atoms with Crippen molar-refractivity contribution >= 4 is 36.0 Å². The minimum absolute atomic E-state index is 0.0212. The molecule has 2 aromatic rings. The topological polar surface area (TPSA) is 119 Å². The number of halogens is 1. The van der Waals surface area contributed by atoms with Gasteiger partial charge in [0.2, 0.25) is 4.77 Å². The molecule has 28 heavy (non-hydrogen) atoms. The Morgan fingerprint density at radius 2 is 2.11 bits per heavy atom. The molecule has 0 bridgehead atoms. The molecule has 0 radical (unpaired) electrons. The SMILES string of the molecule is CCOc1cc(/C=N\n2c(=S)[nH]nc(CCC(=O)O)c2=O)cc(Cl)c1OCC. The van der Waals surface area contributed by atoms with E-state index in [1.807, 2.05) is 13.8 Å². The van der Waals surface area contributed by atoms with E-state index >= 15 is 0 Å². The van der Waals surface area contributed by atoms with Gasteiger partial charge in [-0.2, -0.15) is 14.9 Å². The lowest BCUT2D eigenvalue weighted by Gasteiger charge is -2.13. The van der Waals surface area contributed by atoms with Gasteiger partial charge in [0, 0.05) is 6.42 Å². The minimum atomic E-state index is -1.04. The summed E-state index contributed by atoms with van der Waals surface area (Å²) in [5.41, 5.74) is -0.0155. The fourth-order valence-corrected chi connectivity index (χ4v) is 2.70. The van der Waals surface area contributed by atoms with E-state index in [1.165, 1.54) is 6.21 Å². The van der Waals surface area contributed by atoms with Crippen molar-refractivity contribution in [3.05, 3.63) is 43.5 Å². The van der Waals surface area contributed by atoms with Gasteiger partial charge in [0.1, 0.15) is 5.69 Å². The summed E-state index contributed by atoms with van der Waals surface area (Å²) in [6.45, 7) is 4.51. The molecule has 11 heteroatoms. The number of nitrogens with one attached hydrogen (secondary N) is 1. The Morgan fingerprint density at radius 3 is 2.75 bits per heavy atom. The minimum Gasteiger partial charge on any atom is -0.490 e. The van der Waals surface area contributed by atoms with E-state index in [0.717, 1.165) is 4.68 Å². The number of aliphatic carboxylic acids is 1. The summed E-state index contributed by atoms with van der Waals surface area (Å²) >= 11 is 11.3. The maximum absolute atomic E-state index is 12.4. The van der Waals surface area contributed by atoms with E-state index in [1.54, 1.807) is 12.1 Å². The largest absolute Gasteiger partial charge is 0.490 e. The van der Waals surface area contributed by atoms with Crippen LogP contribution in [0.25, 0.3) is 0 Å². The van der Waals surface area contributed by atoms with Gasteiger partial charge in [0.25, 0.3) is 5.56 Å². The molecular formula is C17H19ClN4O5S. The third kappa shape index (κ3) is 5.40. The Bertz CT molecular complexity index is 1000. The lowest BCUT2D eigenvalue weighted by Crippen LogP contribution is -2.25. The highest BCUT2D eigenvalue weighted by Gasteiger charge is 2.12. The molecule has 0 aliphatic rings. The molecule has 0 aliphatic carbocycles. The molecule has 0 spiro atoms. The lowest BCUT2D eigenvalue weighted by atomic mass is 10.2.